The summed E-state index contributed by atoms with van der Waals surface area (Å²) < 4.78 is 7.58. The molecule has 0 saturated carbocycles. The third-order valence-electron chi connectivity index (χ3n) is 6.95. The van der Waals surface area contributed by atoms with Gasteiger partial charge in [0.15, 0.2) is 11.6 Å². The van der Waals surface area contributed by atoms with Crippen LogP contribution in [0.4, 0.5) is 4.79 Å². The molecule has 0 spiro atoms. The summed E-state index contributed by atoms with van der Waals surface area (Å²) in [4.78, 5) is 49.9. The number of nitrogens with one attached hydrogen (secondary N) is 1. The van der Waals surface area contributed by atoms with Crippen LogP contribution in [0.2, 0.25) is 0 Å². The first-order chi connectivity index (χ1) is 16.6. The van der Waals surface area contributed by atoms with Gasteiger partial charge >= 0.3 is 6.09 Å². The molecule has 3 heterocycles. The van der Waals surface area contributed by atoms with E-state index in [4.69, 9.17) is 4.74 Å². The Morgan fingerprint density at radius 1 is 1.03 bits per heavy atom. The predicted molar refractivity (Wildman–Crippen MR) is 132 cm³/mol. The van der Waals surface area contributed by atoms with Crippen LogP contribution in [0, 0.1) is 0 Å². The highest BCUT2D eigenvalue weighted by molar-refractivity contribution is 6.12. The second-order valence-electron chi connectivity index (χ2n) is 10.6. The number of para-hydroxylation sites is 1. The molecule has 1 N–H and O–H groups in total. The highest BCUT2D eigenvalue weighted by atomic mass is 16.6. The Kier molecular flexibility index (Phi) is 5.77. The van der Waals surface area contributed by atoms with Crippen molar-refractivity contribution in [3.05, 3.63) is 53.2 Å². The normalized spacial score (nSPS) is 20.2. The Labute approximate surface area is 204 Å². The van der Waals surface area contributed by atoms with E-state index < -0.39 is 23.8 Å². The van der Waals surface area contributed by atoms with Crippen LogP contribution in [-0.2, 0) is 24.6 Å². The number of aromatic nitrogens is 3. The number of likely N-dealkylation sites (tertiary alicyclic amines) is 1. The molecule has 1 saturated heterocycles. The number of ketones is 2. The molecule has 35 heavy (non-hydrogen) atoms. The fraction of sp³-hybridized carbons (Fsp3) is 0.481. The van der Waals surface area contributed by atoms with Gasteiger partial charge in [0.1, 0.15) is 11.6 Å². The number of rotatable bonds is 4. The number of fused-ring (bicyclic) bond motifs is 2. The molecule has 1 aliphatic carbocycles. The Morgan fingerprint density at radius 2 is 1.71 bits per heavy atom. The number of amides is 1. The Hall–Kier alpha value is -3.42. The van der Waals surface area contributed by atoms with Gasteiger partial charge in [0.2, 0.25) is 5.78 Å². The van der Waals surface area contributed by atoms with Crippen LogP contribution >= 0.6 is 0 Å². The second-order valence-corrected chi connectivity index (χ2v) is 10.6. The standard InChI is InChI=1S/C27H32N4O4/c1-27(2,3)35-26(34)31-21(23(32)17-15-30(4)20-12-8-5-9-16(17)20)13-14-22(31)24(33)25-28-18-10-6-7-11-19(18)29-25/h5,8-9,12,15,21-22H,6-7,10-11,13-14H2,1-4H3,(H,28,29)/t21-,22+/m1/s1. The number of hydrogen-bond acceptors (Lipinski definition) is 5. The molecule has 2 atom stereocenters. The van der Waals surface area contributed by atoms with Gasteiger partial charge < -0.3 is 14.3 Å². The average Bonchev–Trinajstić information content (AvgIpc) is 3.52. The average molecular weight is 477 g/mol. The molecule has 1 aromatic carbocycles. The van der Waals surface area contributed by atoms with Crippen molar-refractivity contribution in [1.82, 2.24) is 19.4 Å². The lowest BCUT2D eigenvalue weighted by atomic mass is 10.0. The number of carbonyl (C=O) groups excluding carboxylic acids is 3. The van der Waals surface area contributed by atoms with Crippen LogP contribution in [0.3, 0.4) is 0 Å². The number of Topliss-reactive ketones (excluding diaryl/α,β-unsaturated/α-hetero) is 2. The van der Waals surface area contributed by atoms with Gasteiger partial charge in [-0.1, -0.05) is 18.2 Å². The first-order valence-electron chi connectivity index (χ1n) is 12.4. The summed E-state index contributed by atoms with van der Waals surface area (Å²) >= 11 is 0. The number of aromatic amines is 1. The van der Waals surface area contributed by atoms with Crippen LogP contribution in [0.5, 0.6) is 0 Å². The molecule has 8 nitrogen and oxygen atoms in total. The molecule has 0 unspecified atom stereocenters. The van der Waals surface area contributed by atoms with Gasteiger partial charge in [-0.3, -0.25) is 14.5 Å². The number of H-pyrrole nitrogens is 1. The highest BCUT2D eigenvalue weighted by Gasteiger charge is 2.47. The molecule has 5 rings (SSSR count). The van der Waals surface area contributed by atoms with Crippen LogP contribution in [0.15, 0.2) is 30.5 Å². The molecule has 1 fully saturated rings. The van der Waals surface area contributed by atoms with E-state index in [1.165, 1.54) is 4.90 Å². The van der Waals surface area contributed by atoms with Crippen LogP contribution in [0.1, 0.15) is 78.8 Å². The summed E-state index contributed by atoms with van der Waals surface area (Å²) in [7, 11) is 1.89. The zero-order valence-corrected chi connectivity index (χ0v) is 20.8. The minimum Gasteiger partial charge on any atom is -0.444 e. The first kappa shape index (κ1) is 23.3. The summed E-state index contributed by atoms with van der Waals surface area (Å²) in [6, 6.07) is 6.10. The Morgan fingerprint density at radius 3 is 2.43 bits per heavy atom. The summed E-state index contributed by atoms with van der Waals surface area (Å²) in [6.45, 7) is 5.33. The fourth-order valence-electron chi connectivity index (χ4n) is 5.34. The van der Waals surface area contributed by atoms with Gasteiger partial charge in [-0.05, 0) is 65.4 Å². The number of hydrogen-bond donors (Lipinski definition) is 1. The zero-order valence-electron chi connectivity index (χ0n) is 20.8. The number of ether oxygens (including phenoxy) is 1. The van der Waals surface area contributed by atoms with E-state index in [-0.39, 0.29) is 17.4 Å². The molecule has 2 aliphatic rings. The van der Waals surface area contributed by atoms with Gasteiger partial charge in [0.25, 0.3) is 0 Å². The quantitative estimate of drug-likeness (QED) is 0.555. The fourth-order valence-corrected chi connectivity index (χ4v) is 5.34. The van der Waals surface area contributed by atoms with Crippen molar-refractivity contribution in [2.45, 2.75) is 77.0 Å². The topological polar surface area (TPSA) is 97.3 Å². The summed E-state index contributed by atoms with van der Waals surface area (Å²) in [5.41, 5.74) is 2.66. The number of aryl methyl sites for hydroxylation is 3. The molecule has 3 aromatic rings. The molecule has 1 aliphatic heterocycles. The SMILES string of the molecule is Cn1cc(C(=O)[C@H]2CC[C@@H](C(=O)c3nc4c([nH]3)CCCC4)N2C(=O)OC(C)(C)C)c2ccccc21. The van der Waals surface area contributed by atoms with Crippen LogP contribution in [0.25, 0.3) is 10.9 Å². The van der Waals surface area contributed by atoms with E-state index in [0.717, 1.165) is 48.0 Å². The lowest BCUT2D eigenvalue weighted by Gasteiger charge is -2.31. The van der Waals surface area contributed by atoms with Crippen molar-refractivity contribution in [1.29, 1.82) is 0 Å². The van der Waals surface area contributed by atoms with Crippen molar-refractivity contribution < 1.29 is 19.1 Å². The minimum absolute atomic E-state index is 0.179. The maximum atomic E-state index is 13.8. The molecule has 2 aromatic heterocycles. The van der Waals surface area contributed by atoms with Gasteiger partial charge in [0.05, 0.1) is 11.7 Å². The van der Waals surface area contributed by atoms with E-state index in [0.29, 0.717) is 18.4 Å². The Balaban J connectivity index is 1.50. The lowest BCUT2D eigenvalue weighted by molar-refractivity contribution is 0.0147. The molecular weight excluding hydrogens is 444 g/mol. The number of carbonyl (C=O) groups is 3. The van der Waals surface area contributed by atoms with Crippen molar-refractivity contribution in [2.24, 2.45) is 7.05 Å². The first-order valence-corrected chi connectivity index (χ1v) is 12.4. The molecule has 1 amide bonds. The Bertz CT molecular complexity index is 1290. The lowest BCUT2D eigenvalue weighted by Crippen LogP contribution is -2.50. The zero-order chi connectivity index (χ0) is 24.9. The van der Waals surface area contributed by atoms with E-state index in [1.54, 1.807) is 27.0 Å². The van der Waals surface area contributed by atoms with E-state index >= 15 is 0 Å². The predicted octanol–water partition coefficient (Wildman–Crippen LogP) is 4.61. The minimum atomic E-state index is -0.804. The van der Waals surface area contributed by atoms with Gasteiger partial charge in [-0.2, -0.15) is 0 Å². The number of nitrogens with zero attached hydrogens (tertiary/aromatic N) is 3. The smallest absolute Gasteiger partial charge is 0.411 e. The van der Waals surface area contributed by atoms with Gasteiger partial charge in [-0.25, -0.2) is 9.78 Å². The van der Waals surface area contributed by atoms with Gasteiger partial charge in [-0.15, -0.1) is 0 Å². The van der Waals surface area contributed by atoms with Crippen LogP contribution in [-0.4, -0.2) is 54.8 Å². The monoisotopic (exact) mass is 476 g/mol. The molecule has 0 radical (unpaired) electrons. The molecule has 8 heteroatoms. The van der Waals surface area contributed by atoms with E-state index in [2.05, 4.69) is 9.97 Å². The summed E-state index contributed by atoms with van der Waals surface area (Å²) in [5, 5.41) is 0.831. The summed E-state index contributed by atoms with van der Waals surface area (Å²) in [6.07, 6.45) is 5.76. The second kappa shape index (κ2) is 8.66. The van der Waals surface area contributed by atoms with Crippen LogP contribution < -0.4 is 0 Å². The van der Waals surface area contributed by atoms with E-state index in [1.807, 2.05) is 35.9 Å². The van der Waals surface area contributed by atoms with Gasteiger partial charge in [0, 0.05) is 35.4 Å². The van der Waals surface area contributed by atoms with Crippen molar-refractivity contribution >= 4 is 28.6 Å². The number of benzene rings is 1. The maximum Gasteiger partial charge on any atom is 0.411 e. The largest absolute Gasteiger partial charge is 0.444 e. The van der Waals surface area contributed by atoms with Crippen molar-refractivity contribution in [3.63, 3.8) is 0 Å². The van der Waals surface area contributed by atoms with Crippen molar-refractivity contribution in [2.75, 3.05) is 0 Å². The number of imidazole rings is 1. The third-order valence-corrected chi connectivity index (χ3v) is 6.95. The third kappa shape index (κ3) is 4.26. The highest BCUT2D eigenvalue weighted by Crippen LogP contribution is 2.33. The molecular formula is C27H32N4O4. The summed E-state index contributed by atoms with van der Waals surface area (Å²) in [5.74, 6) is -0.172. The molecule has 184 valence electrons. The van der Waals surface area contributed by atoms with E-state index in [9.17, 15) is 14.4 Å². The maximum absolute atomic E-state index is 13.8. The van der Waals surface area contributed by atoms with Crippen molar-refractivity contribution in [3.8, 4) is 0 Å². The molecule has 0 bridgehead atoms.